The Morgan fingerprint density at radius 2 is 2.60 bits per heavy atom. The van der Waals surface area contributed by atoms with Gasteiger partial charge in [-0.15, -0.1) is 11.3 Å². The Bertz CT molecular complexity index is 172. The summed E-state index contributed by atoms with van der Waals surface area (Å²) in [6.45, 7) is 2.14. The minimum Gasteiger partial charge on any atom is -0.323 e. The predicted molar refractivity (Wildman–Crippen MR) is 44.0 cm³/mol. The molecule has 3 heteroatoms. The number of thiazole rings is 1. The molecular formula is C7H12N2S. The highest BCUT2D eigenvalue weighted by Crippen LogP contribution is 2.18. The number of aromatic nitrogens is 1. The van der Waals surface area contributed by atoms with E-state index in [1.54, 1.807) is 11.3 Å². The Morgan fingerprint density at radius 3 is 3.10 bits per heavy atom. The Hall–Kier alpha value is -0.410. The molecule has 10 heavy (non-hydrogen) atoms. The maximum atomic E-state index is 5.82. The molecule has 1 aromatic heterocycles. The quantitative estimate of drug-likeness (QED) is 0.726. The fraction of sp³-hybridized carbons (Fsp3) is 0.571. The molecule has 0 saturated carbocycles. The van der Waals surface area contributed by atoms with Crippen LogP contribution in [0.5, 0.6) is 0 Å². The summed E-state index contributed by atoms with van der Waals surface area (Å²) in [6, 6.07) is 0.206. The Morgan fingerprint density at radius 1 is 1.80 bits per heavy atom. The van der Waals surface area contributed by atoms with Crippen LogP contribution in [-0.4, -0.2) is 4.98 Å². The van der Waals surface area contributed by atoms with Crippen LogP contribution in [0.4, 0.5) is 0 Å². The molecule has 56 valence electrons. The maximum Gasteiger partial charge on any atom is 0.0794 e. The van der Waals surface area contributed by atoms with Crippen LogP contribution in [-0.2, 0) is 0 Å². The number of nitrogens with zero attached hydrogens (tertiary/aromatic N) is 1. The lowest BCUT2D eigenvalue weighted by molar-refractivity contribution is 0.647. The molecule has 2 N–H and O–H groups in total. The molecule has 1 unspecified atom stereocenters. The third kappa shape index (κ3) is 1.78. The topological polar surface area (TPSA) is 38.9 Å². The van der Waals surface area contributed by atoms with E-state index in [0.717, 1.165) is 12.8 Å². The van der Waals surface area contributed by atoms with E-state index in [1.807, 2.05) is 11.7 Å². The van der Waals surface area contributed by atoms with Gasteiger partial charge in [-0.25, -0.2) is 0 Å². The minimum atomic E-state index is 0.206. The van der Waals surface area contributed by atoms with Gasteiger partial charge in [-0.1, -0.05) is 13.3 Å². The van der Waals surface area contributed by atoms with Crippen LogP contribution in [0, 0.1) is 0 Å². The van der Waals surface area contributed by atoms with Gasteiger partial charge in [0.05, 0.1) is 5.51 Å². The highest BCUT2D eigenvalue weighted by molar-refractivity contribution is 7.09. The molecule has 0 aliphatic carbocycles. The average Bonchev–Trinajstić information content (AvgIpc) is 2.38. The van der Waals surface area contributed by atoms with Crippen molar-refractivity contribution in [1.82, 2.24) is 4.98 Å². The SMILES string of the molecule is CCCC(N)c1cncs1. The Labute approximate surface area is 65.1 Å². The molecule has 0 fully saturated rings. The zero-order valence-corrected chi connectivity index (χ0v) is 6.90. The standard InChI is InChI=1S/C7H12N2S/c1-2-3-6(8)7-4-9-5-10-7/h4-6H,2-3,8H2,1H3. The monoisotopic (exact) mass is 156 g/mol. The van der Waals surface area contributed by atoms with E-state index in [0.29, 0.717) is 0 Å². The summed E-state index contributed by atoms with van der Waals surface area (Å²) in [5, 5.41) is 0. The summed E-state index contributed by atoms with van der Waals surface area (Å²) < 4.78 is 0. The van der Waals surface area contributed by atoms with E-state index in [1.165, 1.54) is 4.88 Å². The van der Waals surface area contributed by atoms with Gasteiger partial charge >= 0.3 is 0 Å². The number of nitrogens with two attached hydrogens (primary N) is 1. The lowest BCUT2D eigenvalue weighted by atomic mass is 10.2. The molecule has 2 nitrogen and oxygen atoms in total. The van der Waals surface area contributed by atoms with Crippen molar-refractivity contribution in [2.75, 3.05) is 0 Å². The molecule has 1 atom stereocenters. The van der Waals surface area contributed by atoms with Crippen molar-refractivity contribution < 1.29 is 0 Å². The Kier molecular flexibility index (Phi) is 2.83. The molecule has 0 spiro atoms. The van der Waals surface area contributed by atoms with Crippen molar-refractivity contribution in [1.29, 1.82) is 0 Å². The zero-order chi connectivity index (χ0) is 7.40. The van der Waals surface area contributed by atoms with Crippen molar-refractivity contribution in [3.63, 3.8) is 0 Å². The average molecular weight is 156 g/mol. The normalized spacial score (nSPS) is 13.4. The van der Waals surface area contributed by atoms with Gasteiger partial charge in [0.15, 0.2) is 0 Å². The van der Waals surface area contributed by atoms with Crippen LogP contribution in [0.15, 0.2) is 11.7 Å². The third-order valence-electron chi connectivity index (χ3n) is 1.42. The fourth-order valence-corrected chi connectivity index (χ4v) is 1.52. The summed E-state index contributed by atoms with van der Waals surface area (Å²) >= 11 is 1.63. The minimum absolute atomic E-state index is 0.206. The van der Waals surface area contributed by atoms with Gasteiger partial charge in [-0.05, 0) is 6.42 Å². The first kappa shape index (κ1) is 7.69. The predicted octanol–water partition coefficient (Wildman–Crippen LogP) is 1.94. The second kappa shape index (κ2) is 3.68. The molecule has 0 radical (unpaired) electrons. The first-order chi connectivity index (χ1) is 4.84. The van der Waals surface area contributed by atoms with E-state index in [9.17, 15) is 0 Å². The van der Waals surface area contributed by atoms with Gasteiger partial charge in [0.25, 0.3) is 0 Å². The van der Waals surface area contributed by atoms with Crippen LogP contribution >= 0.6 is 11.3 Å². The van der Waals surface area contributed by atoms with E-state index in [2.05, 4.69) is 11.9 Å². The second-order valence-corrected chi connectivity index (χ2v) is 3.22. The first-order valence-electron chi connectivity index (χ1n) is 3.48. The molecule has 0 saturated heterocycles. The van der Waals surface area contributed by atoms with Crippen LogP contribution < -0.4 is 5.73 Å². The molecule has 1 heterocycles. The highest BCUT2D eigenvalue weighted by Gasteiger charge is 2.04. The summed E-state index contributed by atoms with van der Waals surface area (Å²) in [5.74, 6) is 0. The maximum absolute atomic E-state index is 5.82. The number of hydrogen-bond donors (Lipinski definition) is 1. The van der Waals surface area contributed by atoms with Crippen LogP contribution in [0.1, 0.15) is 30.7 Å². The van der Waals surface area contributed by atoms with Gasteiger partial charge in [0.2, 0.25) is 0 Å². The summed E-state index contributed by atoms with van der Waals surface area (Å²) in [4.78, 5) is 5.16. The molecule has 0 amide bonds. The first-order valence-corrected chi connectivity index (χ1v) is 4.36. The van der Waals surface area contributed by atoms with Gasteiger partial charge in [-0.2, -0.15) is 0 Å². The fourth-order valence-electron chi connectivity index (χ4n) is 0.862. The van der Waals surface area contributed by atoms with Gasteiger partial charge < -0.3 is 5.73 Å². The van der Waals surface area contributed by atoms with Crippen LogP contribution in [0.2, 0.25) is 0 Å². The van der Waals surface area contributed by atoms with Crippen molar-refractivity contribution >= 4 is 11.3 Å². The largest absolute Gasteiger partial charge is 0.323 e. The van der Waals surface area contributed by atoms with E-state index in [-0.39, 0.29) is 6.04 Å². The van der Waals surface area contributed by atoms with Crippen molar-refractivity contribution in [3.8, 4) is 0 Å². The number of rotatable bonds is 3. The van der Waals surface area contributed by atoms with Gasteiger partial charge in [0.1, 0.15) is 0 Å². The van der Waals surface area contributed by atoms with Crippen molar-refractivity contribution in [2.45, 2.75) is 25.8 Å². The van der Waals surface area contributed by atoms with Crippen LogP contribution in [0.25, 0.3) is 0 Å². The zero-order valence-electron chi connectivity index (χ0n) is 6.08. The smallest absolute Gasteiger partial charge is 0.0794 e. The van der Waals surface area contributed by atoms with Gasteiger partial charge in [-0.3, -0.25) is 4.98 Å². The molecule has 0 aromatic carbocycles. The Balaban J connectivity index is 2.50. The lowest BCUT2D eigenvalue weighted by Crippen LogP contribution is -2.07. The molecule has 0 aliphatic rings. The second-order valence-electron chi connectivity index (χ2n) is 2.30. The molecular weight excluding hydrogens is 144 g/mol. The summed E-state index contributed by atoms with van der Waals surface area (Å²) in [5.41, 5.74) is 7.64. The van der Waals surface area contributed by atoms with E-state index in [4.69, 9.17) is 5.73 Å². The van der Waals surface area contributed by atoms with Crippen LogP contribution in [0.3, 0.4) is 0 Å². The van der Waals surface area contributed by atoms with E-state index >= 15 is 0 Å². The van der Waals surface area contributed by atoms with Crippen molar-refractivity contribution in [2.24, 2.45) is 5.73 Å². The summed E-state index contributed by atoms with van der Waals surface area (Å²) in [6.07, 6.45) is 4.05. The molecule has 0 aliphatic heterocycles. The molecule has 0 bridgehead atoms. The van der Waals surface area contributed by atoms with Gasteiger partial charge in [0, 0.05) is 17.1 Å². The highest BCUT2D eigenvalue weighted by atomic mass is 32.1. The lowest BCUT2D eigenvalue weighted by Gasteiger charge is -2.04. The van der Waals surface area contributed by atoms with Crippen molar-refractivity contribution in [3.05, 3.63) is 16.6 Å². The molecule has 1 aromatic rings. The third-order valence-corrected chi connectivity index (χ3v) is 2.32. The van der Waals surface area contributed by atoms with E-state index < -0.39 is 0 Å². The summed E-state index contributed by atoms with van der Waals surface area (Å²) in [7, 11) is 0. The molecule has 1 rings (SSSR count). The number of hydrogen-bond acceptors (Lipinski definition) is 3.